The van der Waals surface area contributed by atoms with Crippen LogP contribution in [-0.4, -0.2) is 52.7 Å². The zero-order chi connectivity index (χ0) is 22.3. The van der Waals surface area contributed by atoms with Crippen LogP contribution in [0, 0.1) is 0 Å². The standard InChI is InChI=1S/C23H24BrCl2N3O2/c1-23(2,3)31-22(30)29-8-6-28(7-9-29)21-17-5-4-15(25)12-18(17)19(24)11-14-10-16(26)13-27-20(14)21/h4-5,10-13,21H,6-9H2,1-3H3/t21-/m1/s1. The predicted octanol–water partition coefficient (Wildman–Crippen LogP) is 6.24. The third-order valence-electron chi connectivity index (χ3n) is 5.36. The van der Waals surface area contributed by atoms with E-state index in [0.717, 1.165) is 26.9 Å². The van der Waals surface area contributed by atoms with Gasteiger partial charge in [0.25, 0.3) is 0 Å². The van der Waals surface area contributed by atoms with E-state index in [9.17, 15) is 4.79 Å². The number of pyridine rings is 1. The van der Waals surface area contributed by atoms with E-state index in [1.165, 1.54) is 0 Å². The van der Waals surface area contributed by atoms with E-state index in [1.807, 2.05) is 45.0 Å². The van der Waals surface area contributed by atoms with Gasteiger partial charge in [0.15, 0.2) is 0 Å². The second-order valence-electron chi connectivity index (χ2n) is 8.76. The normalized spacial score (nSPS) is 19.2. The number of halogens is 3. The van der Waals surface area contributed by atoms with E-state index in [0.29, 0.717) is 36.2 Å². The molecular weight excluding hydrogens is 501 g/mol. The Labute approximate surface area is 201 Å². The highest BCUT2D eigenvalue weighted by atomic mass is 79.9. The van der Waals surface area contributed by atoms with Gasteiger partial charge in [0.05, 0.1) is 16.8 Å². The van der Waals surface area contributed by atoms with Crippen molar-refractivity contribution in [3.63, 3.8) is 0 Å². The summed E-state index contributed by atoms with van der Waals surface area (Å²) in [4.78, 5) is 21.3. The lowest BCUT2D eigenvalue weighted by molar-refractivity contribution is 0.0118. The van der Waals surface area contributed by atoms with Crippen molar-refractivity contribution in [2.24, 2.45) is 0 Å². The van der Waals surface area contributed by atoms with Crippen molar-refractivity contribution >= 4 is 55.8 Å². The van der Waals surface area contributed by atoms with Crippen molar-refractivity contribution < 1.29 is 9.53 Å². The van der Waals surface area contributed by atoms with Crippen molar-refractivity contribution in [2.45, 2.75) is 32.4 Å². The fourth-order valence-corrected chi connectivity index (χ4v) is 4.93. The number of carbonyl (C=O) groups is 1. The molecule has 8 heteroatoms. The summed E-state index contributed by atoms with van der Waals surface area (Å²) in [6.07, 6.45) is 3.46. The average molecular weight is 525 g/mol. The third kappa shape index (κ3) is 4.92. The lowest BCUT2D eigenvalue weighted by Gasteiger charge is -2.40. The van der Waals surface area contributed by atoms with Gasteiger partial charge in [0.1, 0.15) is 5.60 Å². The molecule has 1 saturated heterocycles. The number of ether oxygens (including phenoxy) is 1. The van der Waals surface area contributed by atoms with Gasteiger partial charge in [-0.05, 0) is 56.2 Å². The summed E-state index contributed by atoms with van der Waals surface area (Å²) in [5, 5.41) is 1.27. The van der Waals surface area contributed by atoms with Crippen LogP contribution >= 0.6 is 39.1 Å². The summed E-state index contributed by atoms with van der Waals surface area (Å²) in [6.45, 7) is 8.23. The van der Waals surface area contributed by atoms with E-state index in [-0.39, 0.29) is 12.1 Å². The molecule has 0 bridgehead atoms. The number of nitrogens with zero attached hydrogens (tertiary/aromatic N) is 3. The largest absolute Gasteiger partial charge is 0.444 e. The molecule has 2 aliphatic rings. The van der Waals surface area contributed by atoms with Crippen molar-refractivity contribution in [3.8, 4) is 0 Å². The first kappa shape index (κ1) is 22.6. The number of hydrogen-bond donors (Lipinski definition) is 0. The second-order valence-corrected chi connectivity index (χ2v) is 10.5. The van der Waals surface area contributed by atoms with E-state index < -0.39 is 5.60 Å². The minimum Gasteiger partial charge on any atom is -0.444 e. The van der Waals surface area contributed by atoms with Crippen LogP contribution in [0.3, 0.4) is 0 Å². The minimum atomic E-state index is -0.506. The number of carbonyl (C=O) groups excluding carboxylic acids is 1. The summed E-state index contributed by atoms with van der Waals surface area (Å²) in [5.41, 5.74) is 3.54. The predicted molar refractivity (Wildman–Crippen MR) is 129 cm³/mol. The van der Waals surface area contributed by atoms with Gasteiger partial charge < -0.3 is 9.64 Å². The summed E-state index contributed by atoms with van der Waals surface area (Å²) < 4.78 is 6.48. The van der Waals surface area contributed by atoms with Crippen LogP contribution in [0.5, 0.6) is 0 Å². The molecule has 0 saturated carbocycles. The first-order chi connectivity index (χ1) is 14.6. The zero-order valence-electron chi connectivity index (χ0n) is 17.7. The van der Waals surface area contributed by atoms with Crippen LogP contribution in [-0.2, 0) is 4.74 Å². The Morgan fingerprint density at radius 3 is 2.52 bits per heavy atom. The van der Waals surface area contributed by atoms with E-state index in [1.54, 1.807) is 11.1 Å². The molecule has 0 spiro atoms. The first-order valence-electron chi connectivity index (χ1n) is 10.2. The van der Waals surface area contributed by atoms with Gasteiger partial charge >= 0.3 is 6.09 Å². The van der Waals surface area contributed by atoms with E-state index in [4.69, 9.17) is 32.9 Å². The summed E-state index contributed by atoms with van der Waals surface area (Å²) in [6, 6.07) is 7.79. The van der Waals surface area contributed by atoms with Gasteiger partial charge in [-0.25, -0.2) is 4.79 Å². The average Bonchev–Trinajstić information content (AvgIpc) is 2.80. The Hall–Kier alpha value is -1.60. The Morgan fingerprint density at radius 1 is 1.13 bits per heavy atom. The Bertz CT molecular complexity index is 1040. The molecule has 1 atom stereocenters. The molecule has 1 aromatic carbocycles. The fourth-order valence-electron chi connectivity index (χ4n) is 4.00. The van der Waals surface area contributed by atoms with Gasteiger partial charge in [-0.15, -0.1) is 0 Å². The number of benzene rings is 1. The molecule has 4 rings (SSSR count). The molecule has 164 valence electrons. The molecule has 5 nitrogen and oxygen atoms in total. The van der Waals surface area contributed by atoms with Gasteiger partial charge in [-0.2, -0.15) is 0 Å². The van der Waals surface area contributed by atoms with Crippen LogP contribution in [0.25, 0.3) is 10.6 Å². The number of amides is 1. The molecular formula is C23H24BrCl2N3O2. The quantitative estimate of drug-likeness (QED) is 0.443. The van der Waals surface area contributed by atoms with Crippen LogP contribution in [0.4, 0.5) is 4.79 Å². The number of fused-ring (bicyclic) bond motifs is 2. The second kappa shape index (κ2) is 8.74. The lowest BCUT2D eigenvalue weighted by atomic mass is 9.96. The van der Waals surface area contributed by atoms with E-state index in [2.05, 4.69) is 26.9 Å². The zero-order valence-corrected chi connectivity index (χ0v) is 20.8. The maximum atomic E-state index is 12.5. The lowest BCUT2D eigenvalue weighted by Crippen LogP contribution is -2.51. The maximum absolute atomic E-state index is 12.5. The number of hydrogen-bond acceptors (Lipinski definition) is 4. The molecule has 0 unspecified atom stereocenters. The van der Waals surface area contributed by atoms with Crippen LogP contribution in [0.1, 0.15) is 49.2 Å². The van der Waals surface area contributed by atoms with Crippen LogP contribution < -0.4 is 0 Å². The number of rotatable bonds is 1. The molecule has 31 heavy (non-hydrogen) atoms. The van der Waals surface area contributed by atoms with Crippen molar-refractivity contribution in [1.82, 2.24) is 14.8 Å². The van der Waals surface area contributed by atoms with Gasteiger partial charge in [-0.3, -0.25) is 9.88 Å². The van der Waals surface area contributed by atoms with Gasteiger partial charge in [0.2, 0.25) is 0 Å². The van der Waals surface area contributed by atoms with Crippen molar-refractivity contribution in [3.05, 3.63) is 62.9 Å². The minimum absolute atomic E-state index is 0.0772. The highest BCUT2D eigenvalue weighted by Crippen LogP contribution is 2.42. The monoisotopic (exact) mass is 523 g/mol. The molecule has 1 aliphatic heterocycles. The number of piperazine rings is 1. The summed E-state index contributed by atoms with van der Waals surface area (Å²) >= 11 is 16.3. The number of aromatic nitrogens is 1. The molecule has 1 amide bonds. The van der Waals surface area contributed by atoms with Crippen LogP contribution in [0.2, 0.25) is 10.0 Å². The smallest absolute Gasteiger partial charge is 0.410 e. The van der Waals surface area contributed by atoms with E-state index >= 15 is 0 Å². The summed E-state index contributed by atoms with van der Waals surface area (Å²) in [5.74, 6) is 0. The summed E-state index contributed by atoms with van der Waals surface area (Å²) in [7, 11) is 0. The first-order valence-corrected chi connectivity index (χ1v) is 11.7. The third-order valence-corrected chi connectivity index (χ3v) is 6.45. The Morgan fingerprint density at radius 2 is 1.84 bits per heavy atom. The fraction of sp³-hybridized carbons (Fsp3) is 0.391. The topological polar surface area (TPSA) is 45.7 Å². The molecule has 1 aromatic heterocycles. The molecule has 1 fully saturated rings. The van der Waals surface area contributed by atoms with Gasteiger partial charge in [0, 0.05) is 47.4 Å². The highest BCUT2D eigenvalue weighted by Gasteiger charge is 2.34. The molecule has 1 aliphatic carbocycles. The van der Waals surface area contributed by atoms with Gasteiger partial charge in [-0.1, -0.05) is 45.2 Å². The molecule has 2 heterocycles. The van der Waals surface area contributed by atoms with Crippen LogP contribution in [0.15, 0.2) is 30.5 Å². The Kier molecular flexibility index (Phi) is 6.37. The molecule has 2 aromatic rings. The molecule has 0 radical (unpaired) electrons. The SMILES string of the molecule is CC(C)(C)OC(=O)N1CCN([C@@H]2c3ccc(Cl)cc3C(Br)=Cc3cc(Cl)cnc32)CC1. The molecule has 0 N–H and O–H groups in total. The Balaban J connectivity index is 1.67. The maximum Gasteiger partial charge on any atom is 0.410 e. The highest BCUT2D eigenvalue weighted by molar-refractivity contribution is 9.15. The van der Waals surface area contributed by atoms with Crippen molar-refractivity contribution in [2.75, 3.05) is 26.2 Å². The van der Waals surface area contributed by atoms with Crippen molar-refractivity contribution in [1.29, 1.82) is 0 Å².